The van der Waals surface area contributed by atoms with Gasteiger partial charge in [0.2, 0.25) is 0 Å². The zero-order valence-corrected chi connectivity index (χ0v) is 14.0. The first-order valence-electron chi connectivity index (χ1n) is 7.86. The Balaban J connectivity index is 1.95. The van der Waals surface area contributed by atoms with E-state index in [4.69, 9.17) is 0 Å². The minimum Gasteiger partial charge on any atom is -0.367 e. The van der Waals surface area contributed by atoms with Crippen molar-refractivity contribution in [2.75, 3.05) is 6.61 Å². The molecule has 5 nitrogen and oxygen atoms in total. The molecule has 25 heavy (non-hydrogen) atoms. The van der Waals surface area contributed by atoms with E-state index >= 15 is 0 Å². The number of amides is 1. The molecule has 0 spiro atoms. The lowest BCUT2D eigenvalue weighted by molar-refractivity contribution is -0.176. The fourth-order valence-corrected chi connectivity index (χ4v) is 2.23. The molecule has 2 rings (SSSR count). The summed E-state index contributed by atoms with van der Waals surface area (Å²) in [5.41, 5.74) is 1.59. The van der Waals surface area contributed by atoms with Gasteiger partial charge in [0.05, 0.1) is 18.3 Å². The molecular weight excluding hydrogens is 335 g/mol. The highest BCUT2D eigenvalue weighted by Crippen LogP contribution is 2.16. The summed E-state index contributed by atoms with van der Waals surface area (Å²) >= 11 is 0. The van der Waals surface area contributed by atoms with Gasteiger partial charge in [-0.25, -0.2) is 0 Å². The van der Waals surface area contributed by atoms with E-state index in [-0.39, 0.29) is 18.6 Å². The lowest BCUT2D eigenvalue weighted by Crippen LogP contribution is -2.27. The molecule has 2 aromatic rings. The number of benzene rings is 1. The second-order valence-corrected chi connectivity index (χ2v) is 5.60. The zero-order valence-electron chi connectivity index (χ0n) is 14.0. The number of hydrogen-bond donors (Lipinski definition) is 1. The molecule has 0 fully saturated rings. The van der Waals surface area contributed by atoms with Gasteiger partial charge in [0.25, 0.3) is 5.91 Å². The van der Waals surface area contributed by atoms with Crippen LogP contribution in [-0.4, -0.2) is 28.5 Å². The van der Waals surface area contributed by atoms with Crippen LogP contribution < -0.4 is 5.32 Å². The molecule has 0 saturated carbocycles. The average molecular weight is 355 g/mol. The van der Waals surface area contributed by atoms with E-state index in [2.05, 4.69) is 15.2 Å². The Morgan fingerprint density at radius 2 is 2.12 bits per heavy atom. The number of carbonyl (C=O) groups excluding carboxylic acids is 1. The lowest BCUT2D eigenvalue weighted by atomic mass is 10.1. The molecular formula is C17H20F3N3O2. The normalized spacial score (nSPS) is 12.8. The van der Waals surface area contributed by atoms with Crippen LogP contribution in [0.5, 0.6) is 0 Å². The maximum absolute atomic E-state index is 12.3. The molecule has 1 unspecified atom stereocenters. The maximum Gasteiger partial charge on any atom is 0.411 e. The first-order chi connectivity index (χ1) is 11.8. The van der Waals surface area contributed by atoms with E-state index in [1.807, 2.05) is 26.1 Å². The van der Waals surface area contributed by atoms with E-state index in [0.29, 0.717) is 11.1 Å². The van der Waals surface area contributed by atoms with Crippen LogP contribution in [0.2, 0.25) is 0 Å². The smallest absolute Gasteiger partial charge is 0.367 e. The van der Waals surface area contributed by atoms with Crippen molar-refractivity contribution in [2.45, 2.75) is 39.2 Å². The fourth-order valence-electron chi connectivity index (χ4n) is 2.23. The van der Waals surface area contributed by atoms with Crippen LogP contribution in [0.25, 0.3) is 0 Å². The van der Waals surface area contributed by atoms with Crippen LogP contribution in [0.4, 0.5) is 13.2 Å². The molecule has 1 N–H and O–H groups in total. The zero-order chi connectivity index (χ0) is 18.4. The number of rotatable bonds is 7. The molecule has 0 radical (unpaired) electrons. The summed E-state index contributed by atoms with van der Waals surface area (Å²) in [7, 11) is 0. The van der Waals surface area contributed by atoms with Crippen molar-refractivity contribution in [3.05, 3.63) is 53.3 Å². The Morgan fingerprint density at radius 1 is 1.36 bits per heavy atom. The number of halogens is 3. The summed E-state index contributed by atoms with van der Waals surface area (Å²) in [5.74, 6) is -0.323. The SMILES string of the molecule is CCn1ccc(C(C)NC(=O)c2cccc(COCC(F)(F)F)c2)n1. The highest BCUT2D eigenvalue weighted by Gasteiger charge is 2.27. The third kappa shape index (κ3) is 5.90. The highest BCUT2D eigenvalue weighted by molar-refractivity contribution is 5.94. The Kier molecular flexibility index (Phi) is 6.19. The Hall–Kier alpha value is -2.35. The van der Waals surface area contributed by atoms with Gasteiger partial charge >= 0.3 is 6.18 Å². The van der Waals surface area contributed by atoms with Gasteiger partial charge in [-0.2, -0.15) is 18.3 Å². The van der Waals surface area contributed by atoms with Crippen LogP contribution in [-0.2, 0) is 17.9 Å². The number of carbonyl (C=O) groups is 1. The third-order valence-electron chi connectivity index (χ3n) is 3.50. The minimum atomic E-state index is -4.37. The summed E-state index contributed by atoms with van der Waals surface area (Å²) in [6.07, 6.45) is -2.54. The molecule has 1 aromatic carbocycles. The number of nitrogens with one attached hydrogen (secondary N) is 1. The van der Waals surface area contributed by atoms with Gasteiger partial charge in [-0.05, 0) is 37.6 Å². The van der Waals surface area contributed by atoms with Gasteiger partial charge in [-0.1, -0.05) is 12.1 Å². The topological polar surface area (TPSA) is 56.2 Å². The van der Waals surface area contributed by atoms with Gasteiger partial charge in [-0.3, -0.25) is 9.48 Å². The standard InChI is InChI=1S/C17H20F3N3O2/c1-3-23-8-7-15(22-23)12(2)21-16(24)14-6-4-5-13(9-14)10-25-11-17(18,19)20/h4-9,12H,3,10-11H2,1-2H3,(H,21,24). The monoisotopic (exact) mass is 355 g/mol. The Morgan fingerprint density at radius 3 is 2.76 bits per heavy atom. The molecule has 1 aromatic heterocycles. The van der Waals surface area contributed by atoms with Gasteiger partial charge in [0.15, 0.2) is 0 Å². The van der Waals surface area contributed by atoms with Crippen molar-refractivity contribution < 1.29 is 22.7 Å². The number of aryl methyl sites for hydroxylation is 1. The van der Waals surface area contributed by atoms with Gasteiger partial charge in [-0.15, -0.1) is 0 Å². The quantitative estimate of drug-likeness (QED) is 0.827. The van der Waals surface area contributed by atoms with Crippen molar-refractivity contribution in [3.63, 3.8) is 0 Å². The largest absolute Gasteiger partial charge is 0.411 e. The maximum atomic E-state index is 12.3. The predicted octanol–water partition coefficient (Wildman–Crippen LogP) is 3.47. The van der Waals surface area contributed by atoms with Crippen LogP contribution in [0.1, 0.15) is 41.5 Å². The van der Waals surface area contributed by atoms with Crippen molar-refractivity contribution in [2.24, 2.45) is 0 Å². The Bertz CT molecular complexity index is 713. The summed E-state index contributed by atoms with van der Waals surface area (Å²) in [6, 6.07) is 7.88. The van der Waals surface area contributed by atoms with Crippen molar-refractivity contribution in [1.29, 1.82) is 0 Å². The first-order valence-corrected chi connectivity index (χ1v) is 7.86. The molecule has 1 amide bonds. The Labute approximate surface area is 143 Å². The predicted molar refractivity (Wildman–Crippen MR) is 85.9 cm³/mol. The first kappa shape index (κ1) is 19.0. The summed E-state index contributed by atoms with van der Waals surface area (Å²) < 4.78 is 42.7. The number of alkyl halides is 3. The number of ether oxygens (including phenoxy) is 1. The molecule has 1 atom stereocenters. The van der Waals surface area contributed by atoms with Crippen LogP contribution in [0, 0.1) is 0 Å². The van der Waals surface area contributed by atoms with Gasteiger partial charge in [0, 0.05) is 18.3 Å². The molecule has 0 aliphatic rings. The average Bonchev–Trinajstić information content (AvgIpc) is 3.03. The molecule has 0 aliphatic heterocycles. The second-order valence-electron chi connectivity index (χ2n) is 5.60. The highest BCUT2D eigenvalue weighted by atomic mass is 19.4. The molecule has 0 aliphatic carbocycles. The summed E-state index contributed by atoms with van der Waals surface area (Å²) in [4.78, 5) is 12.3. The van der Waals surface area contributed by atoms with E-state index in [9.17, 15) is 18.0 Å². The second kappa shape index (κ2) is 8.15. The van der Waals surface area contributed by atoms with E-state index in [0.717, 1.165) is 12.2 Å². The molecule has 8 heteroatoms. The molecule has 136 valence electrons. The number of hydrogen-bond acceptors (Lipinski definition) is 3. The van der Waals surface area contributed by atoms with Gasteiger partial charge in [0.1, 0.15) is 6.61 Å². The molecule has 0 saturated heterocycles. The van der Waals surface area contributed by atoms with Crippen molar-refractivity contribution >= 4 is 5.91 Å². The molecule has 1 heterocycles. The van der Waals surface area contributed by atoms with Crippen LogP contribution in [0.3, 0.4) is 0 Å². The van der Waals surface area contributed by atoms with E-state index in [1.54, 1.807) is 22.9 Å². The minimum absolute atomic E-state index is 0.211. The number of aromatic nitrogens is 2. The van der Waals surface area contributed by atoms with Crippen LogP contribution >= 0.6 is 0 Å². The number of nitrogens with zero attached hydrogens (tertiary/aromatic N) is 2. The van der Waals surface area contributed by atoms with Crippen LogP contribution in [0.15, 0.2) is 36.5 Å². The van der Waals surface area contributed by atoms with Crippen molar-refractivity contribution in [3.8, 4) is 0 Å². The summed E-state index contributed by atoms with van der Waals surface area (Å²) in [6.45, 7) is 2.99. The molecule has 0 bridgehead atoms. The van der Waals surface area contributed by atoms with Gasteiger partial charge < -0.3 is 10.1 Å². The third-order valence-corrected chi connectivity index (χ3v) is 3.50. The van der Waals surface area contributed by atoms with E-state index in [1.165, 1.54) is 6.07 Å². The van der Waals surface area contributed by atoms with Crippen molar-refractivity contribution in [1.82, 2.24) is 15.1 Å². The lowest BCUT2D eigenvalue weighted by Gasteiger charge is -2.13. The summed E-state index contributed by atoms with van der Waals surface area (Å²) in [5, 5.41) is 7.15. The fraction of sp³-hybridized carbons (Fsp3) is 0.412. The van der Waals surface area contributed by atoms with E-state index < -0.39 is 12.8 Å².